The maximum Gasteiger partial charge on any atom is 0.224 e. The van der Waals surface area contributed by atoms with Crippen molar-refractivity contribution in [2.24, 2.45) is 5.41 Å². The molecule has 23 heavy (non-hydrogen) atoms. The maximum absolute atomic E-state index is 11.9. The first-order valence-corrected chi connectivity index (χ1v) is 7.74. The van der Waals surface area contributed by atoms with Crippen LogP contribution in [0.15, 0.2) is 36.5 Å². The summed E-state index contributed by atoms with van der Waals surface area (Å²) in [4.78, 5) is 16.2. The number of amides is 1. The third kappa shape index (κ3) is 5.40. The van der Waals surface area contributed by atoms with Gasteiger partial charge in [-0.1, -0.05) is 32.9 Å². The molecule has 0 unspecified atom stereocenters. The molecule has 0 saturated carbocycles. The molecule has 122 valence electrons. The maximum atomic E-state index is 11.9. The second-order valence-corrected chi connectivity index (χ2v) is 7.04. The SMILES string of the molecule is Cc1ccc(C)c(Oc2ccc(NC(=O)CC(C)(C)C)cn2)c1. The van der Waals surface area contributed by atoms with Crippen LogP contribution in [0.1, 0.15) is 38.3 Å². The number of nitrogens with one attached hydrogen (secondary N) is 1. The number of carbonyl (C=O) groups is 1. The van der Waals surface area contributed by atoms with E-state index in [1.54, 1.807) is 18.3 Å². The third-order valence-electron chi connectivity index (χ3n) is 3.27. The molecule has 1 aromatic heterocycles. The number of carbonyl (C=O) groups excluding carboxylic acids is 1. The predicted octanol–water partition coefficient (Wildman–Crippen LogP) is 4.87. The van der Waals surface area contributed by atoms with Crippen molar-refractivity contribution in [1.29, 1.82) is 0 Å². The van der Waals surface area contributed by atoms with Crippen LogP contribution in [0.5, 0.6) is 11.6 Å². The summed E-state index contributed by atoms with van der Waals surface area (Å²) in [6, 6.07) is 9.60. The Hall–Kier alpha value is -2.36. The summed E-state index contributed by atoms with van der Waals surface area (Å²) in [6.07, 6.45) is 2.08. The Kier molecular flexibility index (Phi) is 5.04. The lowest BCUT2D eigenvalue weighted by Crippen LogP contribution is -2.19. The van der Waals surface area contributed by atoms with Gasteiger partial charge >= 0.3 is 0 Å². The minimum atomic E-state index is -0.0384. The summed E-state index contributed by atoms with van der Waals surface area (Å²) >= 11 is 0. The lowest BCUT2D eigenvalue weighted by Gasteiger charge is -2.17. The van der Waals surface area contributed by atoms with Crippen LogP contribution in [0.4, 0.5) is 5.69 Å². The highest BCUT2D eigenvalue weighted by Crippen LogP contribution is 2.25. The number of anilines is 1. The topological polar surface area (TPSA) is 51.2 Å². The summed E-state index contributed by atoms with van der Waals surface area (Å²) in [5, 5.41) is 2.85. The van der Waals surface area contributed by atoms with E-state index in [2.05, 4.69) is 10.3 Å². The molecule has 0 spiro atoms. The van der Waals surface area contributed by atoms with Crippen LogP contribution in [-0.4, -0.2) is 10.9 Å². The number of aromatic nitrogens is 1. The quantitative estimate of drug-likeness (QED) is 0.876. The van der Waals surface area contributed by atoms with Gasteiger partial charge in [0.1, 0.15) is 5.75 Å². The molecule has 0 aliphatic heterocycles. The molecular weight excluding hydrogens is 288 g/mol. The van der Waals surface area contributed by atoms with Gasteiger partial charge in [0, 0.05) is 12.5 Å². The highest BCUT2D eigenvalue weighted by Gasteiger charge is 2.16. The fraction of sp³-hybridized carbons (Fsp3) is 0.368. The molecule has 1 amide bonds. The Morgan fingerprint density at radius 3 is 2.52 bits per heavy atom. The van der Waals surface area contributed by atoms with Gasteiger partial charge in [0.25, 0.3) is 0 Å². The number of pyridine rings is 1. The van der Waals surface area contributed by atoms with Crippen molar-refractivity contribution < 1.29 is 9.53 Å². The van der Waals surface area contributed by atoms with E-state index in [0.717, 1.165) is 16.9 Å². The average Bonchev–Trinajstić information content (AvgIpc) is 2.43. The molecule has 1 heterocycles. The van der Waals surface area contributed by atoms with E-state index in [4.69, 9.17) is 4.74 Å². The van der Waals surface area contributed by atoms with Crippen molar-refractivity contribution in [2.45, 2.75) is 41.0 Å². The second kappa shape index (κ2) is 6.82. The van der Waals surface area contributed by atoms with Crippen molar-refractivity contribution >= 4 is 11.6 Å². The van der Waals surface area contributed by atoms with E-state index >= 15 is 0 Å². The lowest BCUT2D eigenvalue weighted by atomic mass is 9.92. The fourth-order valence-electron chi connectivity index (χ4n) is 2.13. The van der Waals surface area contributed by atoms with Gasteiger partial charge in [-0.15, -0.1) is 0 Å². The van der Waals surface area contributed by atoms with E-state index in [0.29, 0.717) is 18.0 Å². The predicted molar refractivity (Wildman–Crippen MR) is 92.9 cm³/mol. The molecule has 0 aliphatic carbocycles. The Labute approximate surface area is 137 Å². The van der Waals surface area contributed by atoms with Crippen molar-refractivity contribution in [3.63, 3.8) is 0 Å². The third-order valence-corrected chi connectivity index (χ3v) is 3.27. The molecule has 1 aromatic carbocycles. The molecule has 0 fully saturated rings. The van der Waals surface area contributed by atoms with E-state index in [-0.39, 0.29) is 11.3 Å². The zero-order valence-corrected chi connectivity index (χ0v) is 14.4. The molecule has 4 nitrogen and oxygen atoms in total. The average molecular weight is 312 g/mol. The van der Waals surface area contributed by atoms with Gasteiger partial charge in [-0.2, -0.15) is 0 Å². The van der Waals surface area contributed by atoms with Gasteiger partial charge in [0.2, 0.25) is 11.8 Å². The first kappa shape index (κ1) is 17.0. The lowest BCUT2D eigenvalue weighted by molar-refractivity contribution is -0.117. The van der Waals surface area contributed by atoms with E-state index in [1.165, 1.54) is 0 Å². The summed E-state index contributed by atoms with van der Waals surface area (Å²) < 4.78 is 5.81. The molecule has 0 radical (unpaired) electrons. The van der Waals surface area contributed by atoms with Gasteiger partial charge < -0.3 is 10.1 Å². The van der Waals surface area contributed by atoms with Gasteiger partial charge in [0.15, 0.2) is 0 Å². The molecule has 4 heteroatoms. The summed E-state index contributed by atoms with van der Waals surface area (Å²) in [6.45, 7) is 10.1. The van der Waals surface area contributed by atoms with Gasteiger partial charge in [0.05, 0.1) is 11.9 Å². The van der Waals surface area contributed by atoms with E-state index in [9.17, 15) is 4.79 Å². The van der Waals surface area contributed by atoms with Crippen LogP contribution in [0, 0.1) is 19.3 Å². The fourth-order valence-corrected chi connectivity index (χ4v) is 2.13. The molecule has 0 saturated heterocycles. The van der Waals surface area contributed by atoms with Gasteiger partial charge in [-0.3, -0.25) is 4.79 Å². The largest absolute Gasteiger partial charge is 0.439 e. The first-order chi connectivity index (χ1) is 10.7. The van der Waals surface area contributed by atoms with E-state index < -0.39 is 0 Å². The van der Waals surface area contributed by atoms with Crippen molar-refractivity contribution in [1.82, 2.24) is 4.98 Å². The number of hydrogen-bond acceptors (Lipinski definition) is 3. The monoisotopic (exact) mass is 312 g/mol. The van der Waals surface area contributed by atoms with Crippen LogP contribution in [0.2, 0.25) is 0 Å². The Bertz CT molecular complexity index is 686. The Morgan fingerprint density at radius 2 is 1.91 bits per heavy atom. The Morgan fingerprint density at radius 1 is 1.17 bits per heavy atom. The number of nitrogens with zero attached hydrogens (tertiary/aromatic N) is 1. The van der Waals surface area contributed by atoms with Crippen LogP contribution < -0.4 is 10.1 Å². The number of benzene rings is 1. The summed E-state index contributed by atoms with van der Waals surface area (Å²) in [5.74, 6) is 1.29. The van der Waals surface area contributed by atoms with Crippen LogP contribution in [0.25, 0.3) is 0 Å². The standard InChI is InChI=1S/C19H24N2O2/c1-13-6-7-14(2)16(10-13)23-18-9-8-15(12-20-18)21-17(22)11-19(3,4)5/h6-10,12H,11H2,1-5H3,(H,21,22). The molecule has 2 aromatic rings. The molecule has 0 bridgehead atoms. The van der Waals surface area contributed by atoms with Crippen molar-refractivity contribution in [3.8, 4) is 11.6 Å². The van der Waals surface area contributed by atoms with Crippen molar-refractivity contribution in [3.05, 3.63) is 47.7 Å². The highest BCUT2D eigenvalue weighted by atomic mass is 16.5. The normalized spacial score (nSPS) is 11.2. The number of aryl methyl sites for hydroxylation is 2. The van der Waals surface area contributed by atoms with Gasteiger partial charge in [-0.05, 0) is 42.5 Å². The molecule has 0 aliphatic rings. The second-order valence-electron chi connectivity index (χ2n) is 7.04. The zero-order chi connectivity index (χ0) is 17.0. The number of ether oxygens (including phenoxy) is 1. The van der Waals surface area contributed by atoms with Crippen molar-refractivity contribution in [2.75, 3.05) is 5.32 Å². The van der Waals surface area contributed by atoms with E-state index in [1.807, 2.05) is 52.8 Å². The molecule has 1 N–H and O–H groups in total. The van der Waals surface area contributed by atoms with Crippen LogP contribution in [0.3, 0.4) is 0 Å². The van der Waals surface area contributed by atoms with Crippen LogP contribution in [-0.2, 0) is 4.79 Å². The van der Waals surface area contributed by atoms with Gasteiger partial charge in [-0.25, -0.2) is 4.98 Å². The highest BCUT2D eigenvalue weighted by molar-refractivity contribution is 5.90. The smallest absolute Gasteiger partial charge is 0.224 e. The zero-order valence-electron chi connectivity index (χ0n) is 14.4. The first-order valence-electron chi connectivity index (χ1n) is 7.74. The molecule has 0 atom stereocenters. The molecular formula is C19H24N2O2. The summed E-state index contributed by atoms with van der Waals surface area (Å²) in [5.41, 5.74) is 2.83. The van der Waals surface area contributed by atoms with Crippen LogP contribution >= 0.6 is 0 Å². The number of hydrogen-bond donors (Lipinski definition) is 1. The minimum Gasteiger partial charge on any atom is -0.439 e. The Balaban J connectivity index is 2.02. The molecule has 2 rings (SSSR count). The number of rotatable bonds is 4. The summed E-state index contributed by atoms with van der Waals surface area (Å²) in [7, 11) is 0. The minimum absolute atomic E-state index is 0.0116.